The molecule has 0 spiro atoms. The molecule has 2 fully saturated rings. The summed E-state index contributed by atoms with van der Waals surface area (Å²) in [5.41, 5.74) is 0. The van der Waals surface area contributed by atoms with Gasteiger partial charge in [0.2, 0.25) is 0 Å². The monoisotopic (exact) mass is 244 g/mol. The van der Waals surface area contributed by atoms with Gasteiger partial charge in [-0.15, -0.1) is 11.6 Å². The zero-order chi connectivity index (χ0) is 11.7. The fraction of sp³-hybridized carbons (Fsp3) is 0.923. The summed E-state index contributed by atoms with van der Waals surface area (Å²) in [5, 5.41) is 0.291. The fourth-order valence-corrected chi connectivity index (χ4v) is 4.04. The molecule has 0 bridgehead atoms. The van der Waals surface area contributed by atoms with E-state index in [1.54, 1.807) is 0 Å². The van der Waals surface area contributed by atoms with Gasteiger partial charge < -0.3 is 4.74 Å². The molecule has 2 aliphatic carbocycles. The molecule has 3 heteroatoms. The van der Waals surface area contributed by atoms with Gasteiger partial charge in [0.1, 0.15) is 6.10 Å². The molecule has 0 aromatic rings. The van der Waals surface area contributed by atoms with E-state index in [1.165, 1.54) is 19.8 Å². The van der Waals surface area contributed by atoms with E-state index < -0.39 is 0 Å². The maximum atomic E-state index is 11.0. The summed E-state index contributed by atoms with van der Waals surface area (Å²) in [5.74, 6) is 1.80. The summed E-state index contributed by atoms with van der Waals surface area (Å²) in [6, 6.07) is 0. The number of alkyl halides is 1. The van der Waals surface area contributed by atoms with Gasteiger partial charge in [-0.3, -0.25) is 4.79 Å². The molecule has 0 radical (unpaired) electrons. The van der Waals surface area contributed by atoms with Crippen LogP contribution in [0.3, 0.4) is 0 Å². The van der Waals surface area contributed by atoms with Crippen molar-refractivity contribution in [2.45, 2.75) is 57.4 Å². The van der Waals surface area contributed by atoms with E-state index in [2.05, 4.69) is 6.92 Å². The van der Waals surface area contributed by atoms with E-state index in [0.717, 1.165) is 25.2 Å². The van der Waals surface area contributed by atoms with Crippen molar-refractivity contribution in [2.75, 3.05) is 0 Å². The Labute approximate surface area is 103 Å². The Morgan fingerprint density at radius 1 is 1.25 bits per heavy atom. The van der Waals surface area contributed by atoms with Gasteiger partial charge in [0.05, 0.1) is 0 Å². The molecule has 92 valence electrons. The van der Waals surface area contributed by atoms with E-state index in [4.69, 9.17) is 16.3 Å². The summed E-state index contributed by atoms with van der Waals surface area (Å²) in [7, 11) is 0. The third-order valence-electron chi connectivity index (χ3n) is 4.27. The molecule has 0 N–H and O–H groups in total. The maximum Gasteiger partial charge on any atom is 0.302 e. The number of carbonyl (C=O) groups is 1. The van der Waals surface area contributed by atoms with Crippen molar-refractivity contribution in [3.05, 3.63) is 0 Å². The molecular weight excluding hydrogens is 224 g/mol. The van der Waals surface area contributed by atoms with Crippen molar-refractivity contribution in [1.82, 2.24) is 0 Å². The van der Waals surface area contributed by atoms with Crippen molar-refractivity contribution in [2.24, 2.45) is 17.8 Å². The molecule has 0 saturated heterocycles. The van der Waals surface area contributed by atoms with E-state index in [1.807, 2.05) is 0 Å². The van der Waals surface area contributed by atoms with Crippen molar-refractivity contribution in [3.63, 3.8) is 0 Å². The summed E-state index contributed by atoms with van der Waals surface area (Å²) in [6.45, 7) is 3.78. The van der Waals surface area contributed by atoms with Crippen LogP contribution in [0.5, 0.6) is 0 Å². The van der Waals surface area contributed by atoms with Crippen LogP contribution in [0.4, 0.5) is 0 Å². The van der Waals surface area contributed by atoms with Crippen LogP contribution in [0, 0.1) is 17.8 Å². The Kier molecular flexibility index (Phi) is 3.78. The predicted molar refractivity (Wildman–Crippen MR) is 64.4 cm³/mol. The van der Waals surface area contributed by atoms with Crippen LogP contribution in [0.2, 0.25) is 0 Å². The minimum absolute atomic E-state index is 0.105. The average Bonchev–Trinajstić information content (AvgIpc) is 2.19. The van der Waals surface area contributed by atoms with Crippen LogP contribution in [0.15, 0.2) is 0 Å². The van der Waals surface area contributed by atoms with Crippen molar-refractivity contribution >= 4 is 17.6 Å². The smallest absolute Gasteiger partial charge is 0.302 e. The minimum atomic E-state index is -0.155. The molecule has 16 heavy (non-hydrogen) atoms. The Hall–Kier alpha value is -0.240. The molecule has 0 heterocycles. The normalized spacial score (nSPS) is 43.6. The van der Waals surface area contributed by atoms with Gasteiger partial charge in [-0.05, 0) is 43.4 Å². The highest BCUT2D eigenvalue weighted by Crippen LogP contribution is 2.46. The largest absolute Gasteiger partial charge is 0.463 e. The second-order valence-corrected chi connectivity index (χ2v) is 6.02. The zero-order valence-electron chi connectivity index (χ0n) is 10.1. The van der Waals surface area contributed by atoms with E-state index in [-0.39, 0.29) is 12.1 Å². The second kappa shape index (κ2) is 4.95. The van der Waals surface area contributed by atoms with Crippen LogP contribution in [-0.4, -0.2) is 17.5 Å². The van der Waals surface area contributed by atoms with Crippen LogP contribution >= 0.6 is 11.6 Å². The number of rotatable bonds is 1. The summed E-state index contributed by atoms with van der Waals surface area (Å²) >= 11 is 6.42. The van der Waals surface area contributed by atoms with Crippen LogP contribution in [-0.2, 0) is 9.53 Å². The van der Waals surface area contributed by atoms with Gasteiger partial charge in [0, 0.05) is 12.3 Å². The van der Waals surface area contributed by atoms with Crippen molar-refractivity contribution in [1.29, 1.82) is 0 Å². The Bertz CT molecular complexity index is 267. The quantitative estimate of drug-likeness (QED) is 0.522. The van der Waals surface area contributed by atoms with Gasteiger partial charge in [-0.1, -0.05) is 13.3 Å². The Morgan fingerprint density at radius 3 is 2.69 bits per heavy atom. The number of carbonyl (C=O) groups excluding carboxylic acids is 1. The van der Waals surface area contributed by atoms with E-state index >= 15 is 0 Å². The first-order chi connectivity index (χ1) is 7.58. The molecule has 0 amide bonds. The first kappa shape index (κ1) is 12.2. The van der Waals surface area contributed by atoms with Gasteiger partial charge >= 0.3 is 5.97 Å². The highest BCUT2D eigenvalue weighted by atomic mass is 35.5. The molecule has 2 nitrogen and oxygen atoms in total. The standard InChI is InChI=1S/C13H21ClO2/c1-8-6-10(16-9(2)15)7-12-11(8)4-3-5-13(12)14/h8,10-13H,3-7H2,1-2H3/t8-,10?,11?,12?,13+/m1/s1. The first-order valence-electron chi connectivity index (χ1n) is 6.39. The van der Waals surface area contributed by atoms with Gasteiger partial charge in [0.15, 0.2) is 0 Å². The molecule has 5 atom stereocenters. The Balaban J connectivity index is 2.02. The summed E-state index contributed by atoms with van der Waals surface area (Å²) in [4.78, 5) is 11.0. The second-order valence-electron chi connectivity index (χ2n) is 5.45. The lowest BCUT2D eigenvalue weighted by Crippen LogP contribution is -2.42. The molecule has 3 unspecified atom stereocenters. The van der Waals surface area contributed by atoms with Gasteiger partial charge in [-0.25, -0.2) is 0 Å². The average molecular weight is 245 g/mol. The molecule has 2 aliphatic rings. The number of hydrogen-bond acceptors (Lipinski definition) is 2. The molecule has 0 aliphatic heterocycles. The third-order valence-corrected chi connectivity index (χ3v) is 4.81. The third kappa shape index (κ3) is 2.53. The topological polar surface area (TPSA) is 26.3 Å². The summed E-state index contributed by atoms with van der Waals surface area (Å²) in [6.07, 6.45) is 5.79. The first-order valence-corrected chi connectivity index (χ1v) is 6.83. The van der Waals surface area contributed by atoms with Crippen LogP contribution in [0.25, 0.3) is 0 Å². The lowest BCUT2D eigenvalue weighted by molar-refractivity contribution is -0.151. The number of fused-ring (bicyclic) bond motifs is 1. The predicted octanol–water partition coefficient (Wildman–Crippen LogP) is 3.37. The lowest BCUT2D eigenvalue weighted by atomic mass is 9.65. The zero-order valence-corrected chi connectivity index (χ0v) is 10.9. The number of hydrogen-bond donors (Lipinski definition) is 0. The fourth-order valence-electron chi connectivity index (χ4n) is 3.59. The number of halogens is 1. The molecule has 0 aromatic heterocycles. The maximum absolute atomic E-state index is 11.0. The number of ether oxygens (including phenoxy) is 1. The van der Waals surface area contributed by atoms with Gasteiger partial charge in [0.25, 0.3) is 0 Å². The van der Waals surface area contributed by atoms with Crippen molar-refractivity contribution < 1.29 is 9.53 Å². The lowest BCUT2D eigenvalue weighted by Gasteiger charge is -2.45. The van der Waals surface area contributed by atoms with Crippen LogP contribution in [0.1, 0.15) is 46.0 Å². The highest BCUT2D eigenvalue weighted by Gasteiger charge is 2.41. The highest BCUT2D eigenvalue weighted by molar-refractivity contribution is 6.20. The molecule has 2 saturated carbocycles. The molecule has 2 rings (SSSR count). The van der Waals surface area contributed by atoms with Crippen LogP contribution < -0.4 is 0 Å². The van der Waals surface area contributed by atoms with E-state index in [9.17, 15) is 4.79 Å². The van der Waals surface area contributed by atoms with E-state index in [0.29, 0.717) is 17.2 Å². The molecular formula is C13H21ClO2. The van der Waals surface area contributed by atoms with Gasteiger partial charge in [-0.2, -0.15) is 0 Å². The SMILES string of the molecule is CC(=O)OC1CC2C(CCC[C@@H]2Cl)[C@H](C)C1. The minimum Gasteiger partial charge on any atom is -0.463 e. The number of esters is 1. The van der Waals surface area contributed by atoms with Crippen molar-refractivity contribution in [3.8, 4) is 0 Å². The summed E-state index contributed by atoms with van der Waals surface area (Å²) < 4.78 is 5.36. The molecule has 0 aromatic carbocycles. The Morgan fingerprint density at radius 2 is 2.00 bits per heavy atom.